The molecule has 1 saturated carbocycles. The van der Waals surface area contributed by atoms with Gasteiger partial charge in [-0.05, 0) is 55.3 Å². The molecule has 1 aliphatic carbocycles. The zero-order valence-electron chi connectivity index (χ0n) is 12.5. The Morgan fingerprint density at radius 1 is 1.24 bits per heavy atom. The van der Waals surface area contributed by atoms with Gasteiger partial charge in [-0.2, -0.15) is 0 Å². The summed E-state index contributed by atoms with van der Waals surface area (Å²) >= 11 is 0. The Labute approximate surface area is 108 Å². The van der Waals surface area contributed by atoms with Crippen LogP contribution in [0.1, 0.15) is 73.1 Å². The number of hydrogen-bond acceptors (Lipinski definition) is 2. The Morgan fingerprint density at radius 2 is 1.76 bits per heavy atom. The van der Waals surface area contributed by atoms with Gasteiger partial charge in [0.25, 0.3) is 0 Å². The Bertz CT molecular complexity index is 218. The van der Waals surface area contributed by atoms with Gasteiger partial charge in [-0.15, -0.1) is 0 Å². The number of hydrogen-bond donors (Lipinski definition) is 2. The topological polar surface area (TPSA) is 38.0 Å². The molecule has 0 aromatic heterocycles. The number of nitrogens with two attached hydrogens (primary N) is 1. The van der Waals surface area contributed by atoms with Crippen LogP contribution in [-0.2, 0) is 0 Å². The van der Waals surface area contributed by atoms with Crippen molar-refractivity contribution in [1.82, 2.24) is 5.43 Å². The normalized spacial score (nSPS) is 23.6. The maximum atomic E-state index is 5.75. The summed E-state index contributed by atoms with van der Waals surface area (Å²) in [5.74, 6) is 6.54. The van der Waals surface area contributed by atoms with Gasteiger partial charge >= 0.3 is 0 Å². The van der Waals surface area contributed by atoms with E-state index in [1.165, 1.54) is 38.5 Å². The third kappa shape index (κ3) is 5.39. The summed E-state index contributed by atoms with van der Waals surface area (Å²) in [4.78, 5) is 0. The third-order valence-corrected chi connectivity index (χ3v) is 4.37. The molecule has 1 fully saturated rings. The fourth-order valence-corrected chi connectivity index (χ4v) is 2.87. The minimum atomic E-state index is 0.420. The summed E-state index contributed by atoms with van der Waals surface area (Å²) in [6.45, 7) is 11.7. The molecule has 1 atom stereocenters. The van der Waals surface area contributed by atoms with Crippen LogP contribution in [0, 0.1) is 16.7 Å². The van der Waals surface area contributed by atoms with Crippen molar-refractivity contribution < 1.29 is 0 Å². The van der Waals surface area contributed by atoms with Gasteiger partial charge in [0.2, 0.25) is 0 Å². The quantitative estimate of drug-likeness (QED) is 0.578. The van der Waals surface area contributed by atoms with Crippen LogP contribution < -0.4 is 11.3 Å². The smallest absolute Gasteiger partial charge is 0.0238 e. The lowest BCUT2D eigenvalue weighted by Gasteiger charge is -2.38. The van der Waals surface area contributed by atoms with Crippen LogP contribution in [0.15, 0.2) is 0 Å². The summed E-state index contributed by atoms with van der Waals surface area (Å²) in [6, 6.07) is 0.519. The van der Waals surface area contributed by atoms with E-state index < -0.39 is 0 Å². The maximum Gasteiger partial charge on any atom is 0.0238 e. The molecular formula is C15H32N2. The Morgan fingerprint density at radius 3 is 2.18 bits per heavy atom. The molecule has 1 unspecified atom stereocenters. The SMILES string of the molecule is CC(C)(C)CCC(NN)C1CCC(C)(C)CC1. The molecule has 0 aromatic carbocycles. The van der Waals surface area contributed by atoms with E-state index >= 15 is 0 Å². The van der Waals surface area contributed by atoms with Gasteiger partial charge in [0.1, 0.15) is 0 Å². The fraction of sp³-hybridized carbons (Fsp3) is 1.00. The van der Waals surface area contributed by atoms with E-state index in [2.05, 4.69) is 40.0 Å². The molecule has 2 heteroatoms. The minimum absolute atomic E-state index is 0.420. The Kier molecular flexibility index (Phi) is 5.03. The standard InChI is InChI=1S/C15H32N2/c1-14(2,3)9-8-13(17-16)12-6-10-15(4,5)11-7-12/h12-13,17H,6-11,16H2,1-5H3. The number of rotatable bonds is 4. The molecule has 0 aliphatic heterocycles. The van der Waals surface area contributed by atoms with E-state index in [9.17, 15) is 0 Å². The molecule has 0 amide bonds. The van der Waals surface area contributed by atoms with Crippen molar-refractivity contribution in [2.75, 3.05) is 0 Å². The molecule has 0 radical (unpaired) electrons. The lowest BCUT2D eigenvalue weighted by atomic mass is 9.70. The first kappa shape index (κ1) is 15.0. The highest BCUT2D eigenvalue weighted by Crippen LogP contribution is 2.40. The second kappa shape index (κ2) is 5.71. The molecule has 1 aliphatic rings. The Hall–Kier alpha value is -0.0800. The van der Waals surface area contributed by atoms with Gasteiger partial charge in [-0.25, -0.2) is 0 Å². The molecular weight excluding hydrogens is 208 g/mol. The fourth-order valence-electron chi connectivity index (χ4n) is 2.87. The van der Waals surface area contributed by atoms with Gasteiger partial charge in [0, 0.05) is 6.04 Å². The lowest BCUT2D eigenvalue weighted by molar-refractivity contribution is 0.151. The van der Waals surface area contributed by atoms with Crippen molar-refractivity contribution in [3.63, 3.8) is 0 Å². The van der Waals surface area contributed by atoms with Gasteiger partial charge in [0.15, 0.2) is 0 Å². The van der Waals surface area contributed by atoms with Crippen molar-refractivity contribution in [2.24, 2.45) is 22.6 Å². The van der Waals surface area contributed by atoms with Crippen LogP contribution >= 0.6 is 0 Å². The molecule has 2 nitrogen and oxygen atoms in total. The molecule has 17 heavy (non-hydrogen) atoms. The summed E-state index contributed by atoms with van der Waals surface area (Å²) in [6.07, 6.45) is 7.85. The van der Waals surface area contributed by atoms with Crippen LogP contribution in [0.3, 0.4) is 0 Å². The number of nitrogens with one attached hydrogen (secondary N) is 1. The van der Waals surface area contributed by atoms with Crippen LogP contribution in [0.4, 0.5) is 0 Å². The summed E-state index contributed by atoms with van der Waals surface area (Å²) in [7, 11) is 0. The monoisotopic (exact) mass is 240 g/mol. The average molecular weight is 240 g/mol. The second-order valence-corrected chi connectivity index (χ2v) is 7.87. The van der Waals surface area contributed by atoms with Gasteiger partial charge in [-0.3, -0.25) is 11.3 Å². The van der Waals surface area contributed by atoms with Crippen LogP contribution in [-0.4, -0.2) is 6.04 Å². The molecule has 0 aromatic rings. The van der Waals surface area contributed by atoms with Gasteiger partial charge < -0.3 is 0 Å². The van der Waals surface area contributed by atoms with Gasteiger partial charge in [0.05, 0.1) is 0 Å². The van der Waals surface area contributed by atoms with Crippen molar-refractivity contribution in [1.29, 1.82) is 0 Å². The zero-order valence-corrected chi connectivity index (χ0v) is 12.5. The predicted octanol–water partition coefficient (Wildman–Crippen LogP) is 3.86. The highest BCUT2D eigenvalue weighted by Gasteiger charge is 2.31. The summed E-state index contributed by atoms with van der Waals surface area (Å²) in [5.41, 5.74) is 4.05. The predicted molar refractivity (Wildman–Crippen MR) is 75.5 cm³/mol. The summed E-state index contributed by atoms with van der Waals surface area (Å²) in [5, 5.41) is 0. The van der Waals surface area contributed by atoms with E-state index in [1.807, 2.05) is 0 Å². The lowest BCUT2D eigenvalue weighted by Crippen LogP contribution is -2.43. The molecule has 1 rings (SSSR count). The zero-order chi connectivity index (χ0) is 13.1. The molecule has 0 heterocycles. The molecule has 3 N–H and O–H groups in total. The first-order valence-electron chi connectivity index (χ1n) is 7.20. The van der Waals surface area contributed by atoms with Crippen LogP contribution in [0.5, 0.6) is 0 Å². The highest BCUT2D eigenvalue weighted by molar-refractivity contribution is 4.85. The first-order valence-corrected chi connectivity index (χ1v) is 7.20. The van der Waals surface area contributed by atoms with Crippen LogP contribution in [0.2, 0.25) is 0 Å². The van der Waals surface area contributed by atoms with E-state index in [4.69, 9.17) is 5.84 Å². The van der Waals surface area contributed by atoms with Gasteiger partial charge in [-0.1, -0.05) is 34.6 Å². The third-order valence-electron chi connectivity index (χ3n) is 4.37. The van der Waals surface area contributed by atoms with Crippen LogP contribution in [0.25, 0.3) is 0 Å². The van der Waals surface area contributed by atoms with Crippen molar-refractivity contribution in [2.45, 2.75) is 79.2 Å². The maximum absolute atomic E-state index is 5.75. The minimum Gasteiger partial charge on any atom is -0.271 e. The molecule has 102 valence electrons. The molecule has 0 saturated heterocycles. The van der Waals surface area contributed by atoms with Crippen molar-refractivity contribution in [3.05, 3.63) is 0 Å². The molecule has 0 spiro atoms. The highest BCUT2D eigenvalue weighted by atomic mass is 15.2. The van der Waals surface area contributed by atoms with E-state index in [0.717, 1.165) is 5.92 Å². The van der Waals surface area contributed by atoms with E-state index in [1.54, 1.807) is 0 Å². The van der Waals surface area contributed by atoms with E-state index in [-0.39, 0.29) is 0 Å². The van der Waals surface area contributed by atoms with Crippen molar-refractivity contribution in [3.8, 4) is 0 Å². The largest absolute Gasteiger partial charge is 0.271 e. The Balaban J connectivity index is 2.41. The summed E-state index contributed by atoms with van der Waals surface area (Å²) < 4.78 is 0. The second-order valence-electron chi connectivity index (χ2n) is 7.87. The molecule has 0 bridgehead atoms. The van der Waals surface area contributed by atoms with Crippen molar-refractivity contribution >= 4 is 0 Å². The first-order chi connectivity index (χ1) is 7.73. The van der Waals surface area contributed by atoms with E-state index in [0.29, 0.717) is 16.9 Å². The average Bonchev–Trinajstić information content (AvgIpc) is 2.19. The number of hydrazine groups is 1.